The lowest BCUT2D eigenvalue weighted by Crippen LogP contribution is -2.31. The van der Waals surface area contributed by atoms with E-state index in [0.29, 0.717) is 24.3 Å². The molecular weight excluding hydrogens is 353 g/mol. The number of likely N-dealkylation sites (tertiary alicyclic amines) is 1. The van der Waals surface area contributed by atoms with Crippen molar-refractivity contribution in [3.8, 4) is 5.69 Å². The largest absolute Gasteiger partial charge is 0.380 e. The van der Waals surface area contributed by atoms with Gasteiger partial charge in [0.25, 0.3) is 5.91 Å². The van der Waals surface area contributed by atoms with Gasteiger partial charge in [0.15, 0.2) is 0 Å². The number of anilines is 1. The van der Waals surface area contributed by atoms with Crippen molar-refractivity contribution in [2.45, 2.75) is 26.3 Å². The number of halogens is 1. The number of carbonyl (C=O) groups is 1. The quantitative estimate of drug-likeness (QED) is 0.724. The highest BCUT2D eigenvalue weighted by Gasteiger charge is 2.29. The number of aromatic nitrogens is 1. The van der Waals surface area contributed by atoms with Gasteiger partial charge in [0, 0.05) is 36.2 Å². The smallest absolute Gasteiger partial charge is 0.255 e. The van der Waals surface area contributed by atoms with Crippen LogP contribution >= 0.6 is 0 Å². The summed E-state index contributed by atoms with van der Waals surface area (Å²) in [5.74, 6) is -0.287. The van der Waals surface area contributed by atoms with Gasteiger partial charge in [-0.2, -0.15) is 0 Å². The molecule has 4 rings (SSSR count). The van der Waals surface area contributed by atoms with E-state index in [1.54, 1.807) is 18.2 Å². The zero-order valence-electron chi connectivity index (χ0n) is 16.2. The van der Waals surface area contributed by atoms with Crippen LogP contribution in [0.15, 0.2) is 60.7 Å². The van der Waals surface area contributed by atoms with E-state index < -0.39 is 0 Å². The molecule has 5 heteroatoms. The lowest BCUT2D eigenvalue weighted by Gasteiger charge is -2.18. The second-order valence-electron chi connectivity index (χ2n) is 7.32. The van der Waals surface area contributed by atoms with E-state index in [-0.39, 0.29) is 17.8 Å². The SMILES string of the molecule is Cc1cc(C(=O)N2CCC(Nc3ccccc3)C2)c(C)n1-c1ccccc1F. The third-order valence-corrected chi connectivity index (χ3v) is 5.37. The van der Waals surface area contributed by atoms with Crippen molar-refractivity contribution in [1.82, 2.24) is 9.47 Å². The van der Waals surface area contributed by atoms with Crippen LogP contribution in [0.2, 0.25) is 0 Å². The standard InChI is InChI=1S/C23H24FN3O/c1-16-14-20(17(2)27(16)22-11-7-6-10-21(22)24)23(28)26-13-12-19(15-26)25-18-8-4-3-5-9-18/h3-11,14,19,25H,12-13,15H2,1-2H3. The van der Waals surface area contributed by atoms with Crippen LogP contribution in [0.5, 0.6) is 0 Å². The van der Waals surface area contributed by atoms with Gasteiger partial charge in [0.1, 0.15) is 5.82 Å². The molecule has 1 atom stereocenters. The van der Waals surface area contributed by atoms with Crippen LogP contribution in [-0.2, 0) is 0 Å². The molecule has 0 spiro atoms. The maximum absolute atomic E-state index is 14.3. The van der Waals surface area contributed by atoms with Crippen LogP contribution in [0.1, 0.15) is 28.2 Å². The molecule has 0 radical (unpaired) electrons. The van der Waals surface area contributed by atoms with Crippen LogP contribution < -0.4 is 5.32 Å². The zero-order chi connectivity index (χ0) is 19.7. The van der Waals surface area contributed by atoms with Crippen LogP contribution in [0.4, 0.5) is 10.1 Å². The van der Waals surface area contributed by atoms with Gasteiger partial charge in [0.05, 0.1) is 11.3 Å². The predicted molar refractivity (Wildman–Crippen MR) is 110 cm³/mol. The average molecular weight is 377 g/mol. The number of nitrogens with zero attached hydrogens (tertiary/aromatic N) is 2. The van der Waals surface area contributed by atoms with E-state index in [4.69, 9.17) is 0 Å². The molecule has 1 aromatic heterocycles. The summed E-state index contributed by atoms with van der Waals surface area (Å²) < 4.78 is 16.1. The first kappa shape index (κ1) is 18.3. The van der Waals surface area contributed by atoms with E-state index in [9.17, 15) is 9.18 Å². The molecule has 144 valence electrons. The van der Waals surface area contributed by atoms with Crippen molar-refractivity contribution in [3.63, 3.8) is 0 Å². The number of hydrogen-bond donors (Lipinski definition) is 1. The van der Waals surface area contributed by atoms with E-state index in [0.717, 1.165) is 23.5 Å². The molecule has 1 saturated heterocycles. The molecule has 3 aromatic rings. The second kappa shape index (κ2) is 7.50. The second-order valence-corrected chi connectivity index (χ2v) is 7.32. The maximum Gasteiger partial charge on any atom is 0.255 e. The van der Waals surface area contributed by atoms with E-state index in [2.05, 4.69) is 5.32 Å². The number of aryl methyl sites for hydroxylation is 1. The van der Waals surface area contributed by atoms with Crippen LogP contribution in [0, 0.1) is 19.7 Å². The number of para-hydroxylation sites is 2. The van der Waals surface area contributed by atoms with Crippen LogP contribution in [-0.4, -0.2) is 34.5 Å². The number of amides is 1. The summed E-state index contributed by atoms with van der Waals surface area (Å²) in [5, 5.41) is 3.49. The molecule has 1 N–H and O–H groups in total. The van der Waals surface area contributed by atoms with Crippen molar-refractivity contribution in [3.05, 3.63) is 83.4 Å². The molecule has 0 bridgehead atoms. The Labute approximate surface area is 164 Å². The summed E-state index contributed by atoms with van der Waals surface area (Å²) in [6, 6.07) is 18.8. The molecular formula is C23H24FN3O. The average Bonchev–Trinajstić information content (AvgIpc) is 3.27. The van der Waals surface area contributed by atoms with Crippen LogP contribution in [0.3, 0.4) is 0 Å². The van der Waals surface area contributed by atoms with E-state index >= 15 is 0 Å². The number of nitrogens with one attached hydrogen (secondary N) is 1. The van der Waals surface area contributed by atoms with E-state index in [1.807, 2.05) is 59.7 Å². The molecule has 1 fully saturated rings. The highest BCUT2D eigenvalue weighted by atomic mass is 19.1. The Balaban J connectivity index is 1.53. The summed E-state index contributed by atoms with van der Waals surface area (Å²) >= 11 is 0. The van der Waals surface area contributed by atoms with Gasteiger partial charge in [-0.25, -0.2) is 4.39 Å². The van der Waals surface area contributed by atoms with Gasteiger partial charge in [-0.3, -0.25) is 4.79 Å². The van der Waals surface area contributed by atoms with Gasteiger partial charge < -0.3 is 14.8 Å². The summed E-state index contributed by atoms with van der Waals surface area (Å²) in [4.78, 5) is 15.0. The third kappa shape index (κ3) is 3.40. The molecule has 0 saturated carbocycles. The number of benzene rings is 2. The van der Waals surface area contributed by atoms with Gasteiger partial charge in [-0.1, -0.05) is 30.3 Å². The molecule has 1 amide bonds. The Kier molecular flexibility index (Phi) is 4.90. The Morgan fingerprint density at radius 1 is 1.07 bits per heavy atom. The topological polar surface area (TPSA) is 37.3 Å². The lowest BCUT2D eigenvalue weighted by molar-refractivity contribution is 0.0791. The number of rotatable bonds is 4. The molecule has 28 heavy (non-hydrogen) atoms. The summed E-state index contributed by atoms with van der Waals surface area (Å²) in [6.45, 7) is 5.16. The fourth-order valence-corrected chi connectivity index (χ4v) is 3.99. The summed E-state index contributed by atoms with van der Waals surface area (Å²) in [5.41, 5.74) is 3.80. The minimum absolute atomic E-state index is 0.00745. The van der Waals surface area contributed by atoms with Gasteiger partial charge in [-0.05, 0) is 50.6 Å². The van der Waals surface area contributed by atoms with Gasteiger partial charge >= 0.3 is 0 Å². The Morgan fingerprint density at radius 3 is 2.54 bits per heavy atom. The van der Waals surface area contributed by atoms with E-state index in [1.165, 1.54) is 6.07 Å². The Bertz CT molecular complexity index is 996. The van der Waals surface area contributed by atoms with Crippen molar-refractivity contribution in [1.29, 1.82) is 0 Å². The minimum Gasteiger partial charge on any atom is -0.380 e. The number of carbonyl (C=O) groups excluding carboxylic acids is 1. The first-order valence-corrected chi connectivity index (χ1v) is 9.59. The predicted octanol–water partition coefficient (Wildman–Crippen LogP) is 4.56. The Morgan fingerprint density at radius 2 is 1.79 bits per heavy atom. The molecule has 2 heterocycles. The van der Waals surface area contributed by atoms with Crippen molar-refractivity contribution >= 4 is 11.6 Å². The number of hydrogen-bond acceptors (Lipinski definition) is 2. The van der Waals surface area contributed by atoms with Gasteiger partial charge in [0.2, 0.25) is 0 Å². The normalized spacial score (nSPS) is 16.4. The lowest BCUT2D eigenvalue weighted by atomic mass is 10.2. The molecule has 0 aliphatic carbocycles. The van der Waals surface area contributed by atoms with Crippen molar-refractivity contribution in [2.75, 3.05) is 18.4 Å². The molecule has 4 nitrogen and oxygen atoms in total. The fourth-order valence-electron chi connectivity index (χ4n) is 3.99. The highest BCUT2D eigenvalue weighted by molar-refractivity contribution is 5.96. The summed E-state index contributed by atoms with van der Waals surface area (Å²) in [6.07, 6.45) is 0.909. The molecule has 1 aliphatic heterocycles. The van der Waals surface area contributed by atoms with Crippen LogP contribution in [0.25, 0.3) is 5.69 Å². The first-order chi connectivity index (χ1) is 13.5. The van der Waals surface area contributed by atoms with Gasteiger partial charge in [-0.15, -0.1) is 0 Å². The minimum atomic E-state index is -0.295. The third-order valence-electron chi connectivity index (χ3n) is 5.37. The fraction of sp³-hybridized carbons (Fsp3) is 0.261. The molecule has 1 aliphatic rings. The highest BCUT2D eigenvalue weighted by Crippen LogP contribution is 2.25. The first-order valence-electron chi connectivity index (χ1n) is 9.59. The maximum atomic E-state index is 14.3. The zero-order valence-corrected chi connectivity index (χ0v) is 16.2. The van der Waals surface area contributed by atoms with Crippen molar-refractivity contribution < 1.29 is 9.18 Å². The Hall–Kier alpha value is -3.08. The van der Waals surface area contributed by atoms with Crippen molar-refractivity contribution in [2.24, 2.45) is 0 Å². The summed E-state index contributed by atoms with van der Waals surface area (Å²) in [7, 11) is 0. The molecule has 2 aromatic carbocycles. The molecule has 1 unspecified atom stereocenters. The monoisotopic (exact) mass is 377 g/mol.